The van der Waals surface area contributed by atoms with E-state index >= 15 is 0 Å². The molecule has 1 atom stereocenters. The van der Waals surface area contributed by atoms with Gasteiger partial charge >= 0.3 is 0 Å². The molecule has 0 N–H and O–H groups in total. The summed E-state index contributed by atoms with van der Waals surface area (Å²) in [7, 11) is -0.654. The highest BCUT2D eigenvalue weighted by molar-refractivity contribution is 8.26. The Bertz CT molecular complexity index is 1680. The van der Waals surface area contributed by atoms with Gasteiger partial charge in [0, 0.05) is 31.4 Å². The average molecular weight is 575 g/mol. The zero-order chi connectivity index (χ0) is 27.7. The van der Waals surface area contributed by atoms with Crippen molar-refractivity contribution in [3.63, 3.8) is 0 Å². The zero-order valence-corrected chi connectivity index (χ0v) is 24.0. The highest BCUT2D eigenvalue weighted by Gasteiger charge is 2.36. The molecule has 1 fully saturated rings. The standard InChI is InChI=1S/C29H26N4O3S3/c1-20(21-11-6-4-7-12-21)33-28(34)26(38-29(33)37)18-23-19-32(24-14-8-5-9-15-24)30-27(23)22-13-10-16-25(17-22)39(35,36)31(2)3/h4-20H,1-3H3. The maximum Gasteiger partial charge on any atom is 0.266 e. The minimum Gasteiger partial charge on any atom is -0.286 e. The largest absolute Gasteiger partial charge is 0.286 e. The van der Waals surface area contributed by atoms with Crippen LogP contribution in [0.4, 0.5) is 0 Å². The minimum atomic E-state index is -3.65. The smallest absolute Gasteiger partial charge is 0.266 e. The zero-order valence-electron chi connectivity index (χ0n) is 21.6. The molecule has 7 nitrogen and oxygen atoms in total. The van der Waals surface area contributed by atoms with E-state index in [-0.39, 0.29) is 16.8 Å². The Morgan fingerprint density at radius 3 is 2.31 bits per heavy atom. The number of hydrogen-bond donors (Lipinski definition) is 0. The molecular weight excluding hydrogens is 549 g/mol. The van der Waals surface area contributed by atoms with Crippen molar-refractivity contribution in [2.75, 3.05) is 14.1 Å². The van der Waals surface area contributed by atoms with Crippen LogP contribution >= 0.6 is 24.0 Å². The van der Waals surface area contributed by atoms with Gasteiger partial charge in [-0.05, 0) is 42.8 Å². The number of amides is 1. The summed E-state index contributed by atoms with van der Waals surface area (Å²) in [6.07, 6.45) is 3.62. The Morgan fingerprint density at radius 2 is 1.64 bits per heavy atom. The predicted molar refractivity (Wildman–Crippen MR) is 160 cm³/mol. The first-order valence-corrected chi connectivity index (χ1v) is 14.8. The lowest BCUT2D eigenvalue weighted by molar-refractivity contribution is -0.123. The Labute approximate surface area is 237 Å². The van der Waals surface area contributed by atoms with Gasteiger partial charge in [0.15, 0.2) is 0 Å². The summed E-state index contributed by atoms with van der Waals surface area (Å²) < 4.78 is 29.0. The van der Waals surface area contributed by atoms with E-state index in [2.05, 4.69) is 0 Å². The van der Waals surface area contributed by atoms with Crippen LogP contribution in [-0.2, 0) is 14.8 Å². The summed E-state index contributed by atoms with van der Waals surface area (Å²) in [6.45, 7) is 1.96. The first-order chi connectivity index (χ1) is 18.7. The lowest BCUT2D eigenvalue weighted by atomic mass is 10.1. The van der Waals surface area contributed by atoms with Crippen molar-refractivity contribution >= 4 is 50.3 Å². The second-order valence-corrected chi connectivity index (χ2v) is 13.0. The molecule has 1 unspecified atom stereocenters. The molecule has 0 saturated carbocycles. The molecule has 0 spiro atoms. The minimum absolute atomic E-state index is 0.160. The second kappa shape index (κ2) is 10.9. The van der Waals surface area contributed by atoms with Crippen LogP contribution in [0.5, 0.6) is 0 Å². The van der Waals surface area contributed by atoms with Crippen LogP contribution in [0.25, 0.3) is 23.0 Å². The molecule has 2 heterocycles. The van der Waals surface area contributed by atoms with Crippen molar-refractivity contribution in [3.8, 4) is 16.9 Å². The van der Waals surface area contributed by atoms with Gasteiger partial charge < -0.3 is 0 Å². The van der Waals surface area contributed by atoms with Gasteiger partial charge in [-0.1, -0.05) is 84.6 Å². The second-order valence-electron chi connectivity index (χ2n) is 9.17. The van der Waals surface area contributed by atoms with Gasteiger partial charge in [0.05, 0.1) is 21.5 Å². The highest BCUT2D eigenvalue weighted by Crippen LogP contribution is 2.39. The van der Waals surface area contributed by atoms with E-state index in [1.54, 1.807) is 33.9 Å². The molecule has 1 saturated heterocycles. The third-order valence-electron chi connectivity index (χ3n) is 6.43. The molecular formula is C29H26N4O3S3. The molecule has 5 rings (SSSR count). The quantitative estimate of drug-likeness (QED) is 0.207. The van der Waals surface area contributed by atoms with Crippen LogP contribution in [0.1, 0.15) is 24.1 Å². The number of thiocarbonyl (C=S) groups is 1. The molecule has 0 bridgehead atoms. The third kappa shape index (κ3) is 5.33. The lowest BCUT2D eigenvalue weighted by Crippen LogP contribution is -2.30. The maximum absolute atomic E-state index is 13.6. The summed E-state index contributed by atoms with van der Waals surface area (Å²) >= 11 is 6.86. The number of nitrogens with zero attached hydrogens (tertiary/aromatic N) is 4. The van der Waals surface area contributed by atoms with Gasteiger partial charge in [0.25, 0.3) is 5.91 Å². The van der Waals surface area contributed by atoms with Crippen LogP contribution in [0.3, 0.4) is 0 Å². The third-order valence-corrected chi connectivity index (χ3v) is 9.57. The van der Waals surface area contributed by atoms with Gasteiger partial charge in [-0.2, -0.15) is 5.10 Å². The van der Waals surface area contributed by atoms with Gasteiger partial charge in [-0.15, -0.1) is 0 Å². The normalized spacial score (nSPS) is 15.9. The summed E-state index contributed by atoms with van der Waals surface area (Å²) in [5.41, 5.74) is 3.67. The van der Waals surface area contributed by atoms with Crippen LogP contribution in [-0.4, -0.2) is 51.7 Å². The molecule has 0 aliphatic carbocycles. The van der Waals surface area contributed by atoms with Gasteiger partial charge in [0.2, 0.25) is 10.0 Å². The van der Waals surface area contributed by atoms with E-state index in [9.17, 15) is 13.2 Å². The number of thioether (sulfide) groups is 1. The molecule has 3 aromatic carbocycles. The van der Waals surface area contributed by atoms with E-state index in [0.29, 0.717) is 26.0 Å². The predicted octanol–water partition coefficient (Wildman–Crippen LogP) is 5.75. The summed E-state index contributed by atoms with van der Waals surface area (Å²) in [5.74, 6) is -0.177. The monoisotopic (exact) mass is 574 g/mol. The number of para-hydroxylation sites is 1. The highest BCUT2D eigenvalue weighted by atomic mass is 32.2. The first kappa shape index (κ1) is 27.0. The van der Waals surface area contributed by atoms with Crippen molar-refractivity contribution in [2.45, 2.75) is 17.9 Å². The summed E-state index contributed by atoms with van der Waals surface area (Å²) in [5, 5.41) is 4.80. The van der Waals surface area contributed by atoms with Gasteiger partial charge in [-0.3, -0.25) is 9.69 Å². The van der Waals surface area contributed by atoms with Crippen LogP contribution in [0, 0.1) is 0 Å². The van der Waals surface area contributed by atoms with Crippen molar-refractivity contribution in [3.05, 3.63) is 107 Å². The number of sulfonamides is 1. The first-order valence-electron chi connectivity index (χ1n) is 12.2. The Morgan fingerprint density at radius 1 is 0.974 bits per heavy atom. The van der Waals surface area contributed by atoms with E-state index in [1.807, 2.05) is 79.9 Å². The number of aromatic nitrogens is 2. The van der Waals surface area contributed by atoms with Crippen LogP contribution < -0.4 is 0 Å². The Kier molecular flexibility index (Phi) is 7.55. The number of benzene rings is 3. The topological polar surface area (TPSA) is 75.5 Å². The molecule has 10 heteroatoms. The fourth-order valence-electron chi connectivity index (χ4n) is 4.28. The fourth-order valence-corrected chi connectivity index (χ4v) is 6.64. The molecule has 1 aromatic heterocycles. The van der Waals surface area contributed by atoms with E-state index in [1.165, 1.54) is 30.2 Å². The van der Waals surface area contributed by atoms with Crippen molar-refractivity contribution in [1.82, 2.24) is 19.0 Å². The van der Waals surface area contributed by atoms with Gasteiger partial charge in [-0.25, -0.2) is 17.4 Å². The van der Waals surface area contributed by atoms with E-state index in [0.717, 1.165) is 11.3 Å². The van der Waals surface area contributed by atoms with Gasteiger partial charge in [0.1, 0.15) is 10.0 Å². The average Bonchev–Trinajstić information content (AvgIpc) is 3.49. The summed E-state index contributed by atoms with van der Waals surface area (Å²) in [4.78, 5) is 15.8. The molecule has 0 radical (unpaired) electrons. The molecule has 1 amide bonds. The number of hydrogen-bond acceptors (Lipinski definition) is 6. The van der Waals surface area contributed by atoms with E-state index < -0.39 is 10.0 Å². The number of rotatable bonds is 7. The Hall–Kier alpha value is -3.57. The van der Waals surface area contributed by atoms with Crippen molar-refractivity contribution in [1.29, 1.82) is 0 Å². The summed E-state index contributed by atoms with van der Waals surface area (Å²) in [6, 6.07) is 25.8. The molecule has 1 aliphatic rings. The van der Waals surface area contributed by atoms with E-state index in [4.69, 9.17) is 17.3 Å². The molecule has 39 heavy (non-hydrogen) atoms. The van der Waals surface area contributed by atoms with Crippen LogP contribution in [0.2, 0.25) is 0 Å². The maximum atomic E-state index is 13.6. The Balaban J connectivity index is 1.59. The molecule has 1 aliphatic heterocycles. The van der Waals surface area contributed by atoms with Crippen molar-refractivity contribution in [2.24, 2.45) is 0 Å². The number of carbonyl (C=O) groups excluding carboxylic acids is 1. The SMILES string of the molecule is CC(c1ccccc1)N1C(=O)C(=Cc2cn(-c3ccccc3)nc2-c2cccc(S(=O)(=O)N(C)C)c2)SC1=S. The fraction of sp³-hybridized carbons (Fsp3) is 0.138. The van der Waals surface area contributed by atoms with Crippen molar-refractivity contribution < 1.29 is 13.2 Å². The molecule has 198 valence electrons. The molecule has 4 aromatic rings. The lowest BCUT2D eigenvalue weighted by Gasteiger charge is -2.23. The number of carbonyl (C=O) groups is 1. The van der Waals surface area contributed by atoms with Crippen LogP contribution in [0.15, 0.2) is 101 Å².